The third-order valence-electron chi connectivity index (χ3n) is 3.14. The minimum Gasteiger partial charge on any atom is -0.507 e. The fourth-order valence-electron chi connectivity index (χ4n) is 2.05. The van der Waals surface area contributed by atoms with Crippen LogP contribution in [0.4, 0.5) is 0 Å². The number of unbranched alkanes of at least 4 members (excludes halogenated alkanes) is 1. The second-order valence-corrected chi connectivity index (χ2v) is 4.71. The van der Waals surface area contributed by atoms with Crippen molar-refractivity contribution in [2.75, 3.05) is 13.2 Å². The summed E-state index contributed by atoms with van der Waals surface area (Å²) >= 11 is 0. The lowest BCUT2D eigenvalue weighted by Gasteiger charge is -2.09. The third-order valence-corrected chi connectivity index (χ3v) is 3.14. The first-order valence-electron chi connectivity index (χ1n) is 6.95. The van der Waals surface area contributed by atoms with Crippen LogP contribution >= 0.6 is 0 Å². The number of fused-ring (bicyclic) bond motifs is 1. The van der Waals surface area contributed by atoms with E-state index in [1.807, 2.05) is 30.3 Å². The summed E-state index contributed by atoms with van der Waals surface area (Å²) in [6, 6.07) is 11.2. The van der Waals surface area contributed by atoms with Crippen molar-refractivity contribution in [2.45, 2.75) is 12.8 Å². The number of ether oxygens (including phenoxy) is 1. The molecule has 110 valence electrons. The highest BCUT2D eigenvalue weighted by Crippen LogP contribution is 2.30. The van der Waals surface area contributed by atoms with Crippen LogP contribution in [0.15, 0.2) is 49.1 Å². The summed E-state index contributed by atoms with van der Waals surface area (Å²) in [7, 11) is 0. The monoisotopic (exact) mass is 285 g/mol. The van der Waals surface area contributed by atoms with E-state index < -0.39 is 0 Å². The maximum Gasteiger partial charge on any atom is 0.243 e. The van der Waals surface area contributed by atoms with E-state index in [1.165, 1.54) is 6.08 Å². The Morgan fingerprint density at radius 1 is 1.29 bits per heavy atom. The average molecular weight is 285 g/mol. The van der Waals surface area contributed by atoms with Crippen molar-refractivity contribution in [3.63, 3.8) is 0 Å². The molecule has 0 aliphatic heterocycles. The van der Waals surface area contributed by atoms with E-state index in [-0.39, 0.29) is 11.7 Å². The Kier molecular flexibility index (Phi) is 5.21. The summed E-state index contributed by atoms with van der Waals surface area (Å²) in [5, 5.41) is 14.4. The van der Waals surface area contributed by atoms with E-state index in [4.69, 9.17) is 4.74 Å². The molecular weight excluding hydrogens is 266 g/mol. The van der Waals surface area contributed by atoms with Crippen LogP contribution in [-0.2, 0) is 4.79 Å². The fourth-order valence-corrected chi connectivity index (χ4v) is 2.05. The van der Waals surface area contributed by atoms with Crippen LogP contribution in [-0.4, -0.2) is 24.2 Å². The van der Waals surface area contributed by atoms with Gasteiger partial charge in [0.25, 0.3) is 0 Å². The van der Waals surface area contributed by atoms with Crippen molar-refractivity contribution in [3.8, 4) is 11.5 Å². The van der Waals surface area contributed by atoms with Crippen LogP contribution in [0.5, 0.6) is 11.5 Å². The highest BCUT2D eigenvalue weighted by molar-refractivity contribution is 5.89. The number of benzene rings is 2. The molecule has 4 heteroatoms. The van der Waals surface area contributed by atoms with Gasteiger partial charge in [0.05, 0.1) is 6.61 Å². The maximum absolute atomic E-state index is 10.9. The Morgan fingerprint density at radius 2 is 2.10 bits per heavy atom. The highest BCUT2D eigenvalue weighted by Gasteiger charge is 2.03. The summed E-state index contributed by atoms with van der Waals surface area (Å²) < 4.78 is 5.64. The summed E-state index contributed by atoms with van der Waals surface area (Å²) in [6.45, 7) is 4.54. The molecule has 0 aliphatic carbocycles. The Hall–Kier alpha value is -2.49. The predicted octanol–water partition coefficient (Wildman–Crippen LogP) is 3.01. The number of carbonyl (C=O) groups excluding carboxylic acids is 1. The molecular formula is C17H19NO3. The molecule has 21 heavy (non-hydrogen) atoms. The summed E-state index contributed by atoms with van der Waals surface area (Å²) in [4.78, 5) is 10.9. The lowest BCUT2D eigenvalue weighted by Crippen LogP contribution is -2.22. The molecule has 0 atom stereocenters. The molecule has 0 heterocycles. The van der Waals surface area contributed by atoms with Crippen LogP contribution in [0.3, 0.4) is 0 Å². The first-order valence-corrected chi connectivity index (χ1v) is 6.95. The Balaban J connectivity index is 1.81. The number of hydrogen-bond donors (Lipinski definition) is 2. The number of aromatic hydroxyl groups is 1. The van der Waals surface area contributed by atoms with Crippen LogP contribution in [0.25, 0.3) is 10.8 Å². The lowest BCUT2D eigenvalue weighted by molar-refractivity contribution is -0.116. The maximum atomic E-state index is 10.9. The van der Waals surface area contributed by atoms with Gasteiger partial charge in [-0.2, -0.15) is 0 Å². The van der Waals surface area contributed by atoms with E-state index >= 15 is 0 Å². The molecule has 2 N–H and O–H groups in total. The van der Waals surface area contributed by atoms with Crippen molar-refractivity contribution in [3.05, 3.63) is 49.1 Å². The third kappa shape index (κ3) is 4.24. The molecule has 0 aromatic heterocycles. The quantitative estimate of drug-likeness (QED) is 0.607. The zero-order valence-corrected chi connectivity index (χ0v) is 11.8. The van der Waals surface area contributed by atoms with Gasteiger partial charge >= 0.3 is 0 Å². The van der Waals surface area contributed by atoms with E-state index in [0.29, 0.717) is 18.9 Å². The molecule has 0 radical (unpaired) electrons. The van der Waals surface area contributed by atoms with Gasteiger partial charge in [0.1, 0.15) is 11.5 Å². The SMILES string of the molecule is C=CC(=O)NCCCCOc1cc(O)c2ccccc2c1. The van der Waals surface area contributed by atoms with Crippen molar-refractivity contribution < 1.29 is 14.6 Å². The zero-order chi connectivity index (χ0) is 15.1. The van der Waals surface area contributed by atoms with Gasteiger partial charge in [0.15, 0.2) is 0 Å². The molecule has 0 aliphatic rings. The first kappa shape index (κ1) is 14.9. The van der Waals surface area contributed by atoms with Gasteiger partial charge in [-0.1, -0.05) is 30.8 Å². The van der Waals surface area contributed by atoms with Gasteiger partial charge in [-0.25, -0.2) is 0 Å². The van der Waals surface area contributed by atoms with Crippen LogP contribution in [0.2, 0.25) is 0 Å². The number of carbonyl (C=O) groups is 1. The van der Waals surface area contributed by atoms with Gasteiger partial charge < -0.3 is 15.2 Å². The summed E-state index contributed by atoms with van der Waals surface area (Å²) in [5.74, 6) is 0.720. The Labute approximate surface area is 124 Å². The largest absolute Gasteiger partial charge is 0.507 e. The molecule has 4 nitrogen and oxygen atoms in total. The average Bonchev–Trinajstić information content (AvgIpc) is 2.50. The zero-order valence-electron chi connectivity index (χ0n) is 11.8. The van der Waals surface area contributed by atoms with Gasteiger partial charge in [0, 0.05) is 18.0 Å². The normalized spacial score (nSPS) is 10.3. The van der Waals surface area contributed by atoms with Gasteiger partial charge in [-0.15, -0.1) is 0 Å². The standard InChI is InChI=1S/C17H19NO3/c1-2-17(20)18-9-5-6-10-21-14-11-13-7-3-4-8-15(13)16(19)12-14/h2-4,7-8,11-12,19H,1,5-6,9-10H2,(H,18,20). The number of phenolic OH excluding ortho intramolecular Hbond substituents is 1. The molecule has 0 spiro atoms. The molecule has 2 aromatic rings. The number of rotatable bonds is 7. The van der Waals surface area contributed by atoms with E-state index in [0.717, 1.165) is 23.6 Å². The number of amides is 1. The van der Waals surface area contributed by atoms with E-state index in [9.17, 15) is 9.90 Å². The molecule has 0 bridgehead atoms. The number of hydrogen-bond acceptors (Lipinski definition) is 3. The molecule has 0 saturated carbocycles. The number of nitrogens with one attached hydrogen (secondary N) is 1. The predicted molar refractivity (Wildman–Crippen MR) is 83.5 cm³/mol. The summed E-state index contributed by atoms with van der Waals surface area (Å²) in [6.07, 6.45) is 2.92. The molecule has 2 rings (SSSR count). The van der Waals surface area contributed by atoms with E-state index in [1.54, 1.807) is 6.07 Å². The van der Waals surface area contributed by atoms with Crippen LogP contribution in [0.1, 0.15) is 12.8 Å². The molecule has 0 unspecified atom stereocenters. The minimum atomic E-state index is -0.157. The molecule has 2 aromatic carbocycles. The van der Waals surface area contributed by atoms with Crippen molar-refractivity contribution in [2.24, 2.45) is 0 Å². The Bertz CT molecular complexity index is 637. The van der Waals surface area contributed by atoms with Gasteiger partial charge in [-0.3, -0.25) is 4.79 Å². The van der Waals surface area contributed by atoms with Crippen LogP contribution in [0, 0.1) is 0 Å². The second-order valence-electron chi connectivity index (χ2n) is 4.71. The molecule has 1 amide bonds. The van der Waals surface area contributed by atoms with Crippen molar-refractivity contribution in [1.82, 2.24) is 5.32 Å². The van der Waals surface area contributed by atoms with Crippen molar-refractivity contribution in [1.29, 1.82) is 0 Å². The second kappa shape index (κ2) is 7.33. The first-order chi connectivity index (χ1) is 10.2. The minimum absolute atomic E-state index is 0.157. The molecule has 0 fully saturated rings. The number of phenols is 1. The lowest BCUT2D eigenvalue weighted by atomic mass is 10.1. The van der Waals surface area contributed by atoms with Crippen LogP contribution < -0.4 is 10.1 Å². The van der Waals surface area contributed by atoms with E-state index in [2.05, 4.69) is 11.9 Å². The highest BCUT2D eigenvalue weighted by atomic mass is 16.5. The van der Waals surface area contributed by atoms with Gasteiger partial charge in [-0.05, 0) is 30.4 Å². The fraction of sp³-hybridized carbons (Fsp3) is 0.235. The molecule has 0 saturated heterocycles. The Morgan fingerprint density at radius 3 is 2.90 bits per heavy atom. The van der Waals surface area contributed by atoms with Crippen molar-refractivity contribution >= 4 is 16.7 Å². The topological polar surface area (TPSA) is 58.6 Å². The van der Waals surface area contributed by atoms with Gasteiger partial charge in [0.2, 0.25) is 5.91 Å². The smallest absolute Gasteiger partial charge is 0.243 e. The summed E-state index contributed by atoms with van der Waals surface area (Å²) in [5.41, 5.74) is 0.